The van der Waals surface area contributed by atoms with Crippen molar-refractivity contribution < 1.29 is 14.3 Å². The standard InChI is InChI=1S/C29H36O3/c1-3-5-6-25-13-18-28(19-25)21-31-20-26-14-9-23(10-15-26)7-8-24-11-16-27(17-12-24)22-32-29(30)4-2/h4,7-12,14-17,25,28H,2-3,5-6,13,18-22H2,1H3. The normalized spacial score (nSPS) is 18.2. The smallest absolute Gasteiger partial charge is 0.330 e. The summed E-state index contributed by atoms with van der Waals surface area (Å²) in [5.74, 6) is 1.28. The first-order chi connectivity index (χ1) is 15.7. The van der Waals surface area contributed by atoms with Gasteiger partial charge in [0.1, 0.15) is 6.61 Å². The van der Waals surface area contributed by atoms with Crippen LogP contribution in [0.1, 0.15) is 67.7 Å². The predicted molar refractivity (Wildman–Crippen MR) is 132 cm³/mol. The fourth-order valence-corrected chi connectivity index (χ4v) is 4.28. The van der Waals surface area contributed by atoms with Crippen LogP contribution in [0.3, 0.4) is 0 Å². The van der Waals surface area contributed by atoms with E-state index in [1.165, 1.54) is 50.2 Å². The van der Waals surface area contributed by atoms with E-state index >= 15 is 0 Å². The van der Waals surface area contributed by atoms with Crippen LogP contribution >= 0.6 is 0 Å². The molecule has 3 heteroatoms. The van der Waals surface area contributed by atoms with Gasteiger partial charge in [0.15, 0.2) is 0 Å². The van der Waals surface area contributed by atoms with Gasteiger partial charge < -0.3 is 9.47 Å². The van der Waals surface area contributed by atoms with Gasteiger partial charge in [0.05, 0.1) is 6.61 Å². The van der Waals surface area contributed by atoms with Crippen LogP contribution in [-0.4, -0.2) is 12.6 Å². The number of esters is 1. The summed E-state index contributed by atoms with van der Waals surface area (Å²) >= 11 is 0. The Morgan fingerprint density at radius 3 is 2.12 bits per heavy atom. The first kappa shape index (κ1) is 24.0. The molecule has 1 fully saturated rings. The van der Waals surface area contributed by atoms with Gasteiger partial charge in [-0.05, 0) is 46.9 Å². The Morgan fingerprint density at radius 2 is 1.53 bits per heavy atom. The third-order valence-electron chi connectivity index (χ3n) is 6.21. The van der Waals surface area contributed by atoms with Crippen LogP contribution in [0.15, 0.2) is 61.2 Å². The molecule has 1 aliphatic rings. The quantitative estimate of drug-likeness (QED) is 0.202. The molecule has 0 aliphatic heterocycles. The summed E-state index contributed by atoms with van der Waals surface area (Å²) in [6, 6.07) is 16.5. The van der Waals surface area contributed by atoms with Gasteiger partial charge in [0, 0.05) is 12.7 Å². The number of benzene rings is 2. The first-order valence-electron chi connectivity index (χ1n) is 11.9. The molecule has 3 nitrogen and oxygen atoms in total. The molecule has 0 saturated heterocycles. The maximum atomic E-state index is 11.1. The van der Waals surface area contributed by atoms with E-state index in [0.29, 0.717) is 6.61 Å². The molecule has 0 heterocycles. The molecule has 2 aromatic rings. The molecule has 2 atom stereocenters. The number of ether oxygens (including phenoxy) is 2. The number of carbonyl (C=O) groups is 1. The van der Waals surface area contributed by atoms with E-state index in [1.807, 2.05) is 24.3 Å². The van der Waals surface area contributed by atoms with Crippen molar-refractivity contribution >= 4 is 18.1 Å². The average molecular weight is 433 g/mol. The van der Waals surface area contributed by atoms with Crippen LogP contribution in [-0.2, 0) is 27.5 Å². The molecule has 170 valence electrons. The SMILES string of the molecule is C=CC(=O)OCc1ccc(C=Cc2ccc(COCC3CCC(CCCC)C3)cc2)cc1. The molecular formula is C29H36O3. The summed E-state index contributed by atoms with van der Waals surface area (Å²) in [6.07, 6.45) is 13.5. The summed E-state index contributed by atoms with van der Waals surface area (Å²) in [6.45, 7) is 7.53. The maximum absolute atomic E-state index is 11.1. The fourth-order valence-electron chi connectivity index (χ4n) is 4.28. The van der Waals surface area contributed by atoms with Gasteiger partial charge in [-0.2, -0.15) is 0 Å². The second-order valence-corrected chi connectivity index (χ2v) is 8.83. The van der Waals surface area contributed by atoms with Gasteiger partial charge in [-0.25, -0.2) is 4.79 Å². The minimum Gasteiger partial charge on any atom is -0.458 e. The monoisotopic (exact) mass is 432 g/mol. The lowest BCUT2D eigenvalue weighted by Gasteiger charge is -2.12. The Balaban J connectivity index is 1.39. The minimum absolute atomic E-state index is 0.262. The zero-order valence-corrected chi connectivity index (χ0v) is 19.3. The van der Waals surface area contributed by atoms with Gasteiger partial charge in [0.2, 0.25) is 0 Å². The topological polar surface area (TPSA) is 35.5 Å². The lowest BCUT2D eigenvalue weighted by molar-refractivity contribution is -0.138. The molecule has 0 aromatic heterocycles. The number of hydrogen-bond acceptors (Lipinski definition) is 3. The second-order valence-electron chi connectivity index (χ2n) is 8.83. The number of rotatable bonds is 12. The third-order valence-corrected chi connectivity index (χ3v) is 6.21. The molecule has 2 unspecified atom stereocenters. The average Bonchev–Trinajstić information content (AvgIpc) is 3.29. The summed E-state index contributed by atoms with van der Waals surface area (Å²) in [4.78, 5) is 11.1. The highest BCUT2D eigenvalue weighted by atomic mass is 16.5. The fraction of sp³-hybridized carbons (Fsp3) is 0.414. The predicted octanol–water partition coefficient (Wildman–Crippen LogP) is 7.21. The van der Waals surface area contributed by atoms with Gasteiger partial charge in [0.25, 0.3) is 0 Å². The van der Waals surface area contributed by atoms with Crippen molar-refractivity contribution in [2.75, 3.05) is 6.61 Å². The van der Waals surface area contributed by atoms with E-state index < -0.39 is 5.97 Å². The van der Waals surface area contributed by atoms with Crippen molar-refractivity contribution in [1.82, 2.24) is 0 Å². The zero-order chi connectivity index (χ0) is 22.6. The Labute approximate surface area is 193 Å². The van der Waals surface area contributed by atoms with E-state index in [2.05, 4.69) is 49.9 Å². The molecule has 3 rings (SSSR count). The van der Waals surface area contributed by atoms with Crippen LogP contribution in [0, 0.1) is 11.8 Å². The Hall–Kier alpha value is -2.65. The van der Waals surface area contributed by atoms with Gasteiger partial charge in [-0.15, -0.1) is 0 Å². The summed E-state index contributed by atoms with van der Waals surface area (Å²) in [5.41, 5.74) is 4.44. The molecule has 0 spiro atoms. The van der Waals surface area contributed by atoms with Crippen molar-refractivity contribution in [2.45, 2.75) is 58.7 Å². The van der Waals surface area contributed by atoms with Crippen molar-refractivity contribution in [1.29, 1.82) is 0 Å². The van der Waals surface area contributed by atoms with Crippen molar-refractivity contribution in [3.63, 3.8) is 0 Å². The van der Waals surface area contributed by atoms with E-state index in [1.54, 1.807) is 0 Å². The van der Waals surface area contributed by atoms with Crippen molar-refractivity contribution in [3.8, 4) is 0 Å². The highest BCUT2D eigenvalue weighted by molar-refractivity contribution is 5.81. The van der Waals surface area contributed by atoms with Crippen LogP contribution < -0.4 is 0 Å². The molecular weight excluding hydrogens is 396 g/mol. The van der Waals surface area contributed by atoms with Crippen LogP contribution in [0.2, 0.25) is 0 Å². The molecule has 0 radical (unpaired) electrons. The molecule has 32 heavy (non-hydrogen) atoms. The van der Waals surface area contributed by atoms with Gasteiger partial charge in [-0.1, -0.05) is 99.9 Å². The molecule has 1 saturated carbocycles. The Kier molecular flexibility index (Phi) is 9.77. The molecule has 0 bridgehead atoms. The van der Waals surface area contributed by atoms with Crippen LogP contribution in [0.4, 0.5) is 0 Å². The van der Waals surface area contributed by atoms with Gasteiger partial charge >= 0.3 is 5.97 Å². The number of unbranched alkanes of at least 4 members (excludes halogenated alkanes) is 1. The third kappa shape index (κ3) is 8.12. The van der Waals surface area contributed by atoms with E-state index in [0.717, 1.165) is 35.1 Å². The zero-order valence-electron chi connectivity index (χ0n) is 19.3. The Bertz CT molecular complexity index is 864. The molecule has 1 aliphatic carbocycles. The summed E-state index contributed by atoms with van der Waals surface area (Å²) < 4.78 is 11.1. The molecule has 0 amide bonds. The lowest BCUT2D eigenvalue weighted by Crippen LogP contribution is -2.06. The maximum Gasteiger partial charge on any atom is 0.330 e. The lowest BCUT2D eigenvalue weighted by atomic mass is 9.99. The van der Waals surface area contributed by atoms with Gasteiger partial charge in [-0.3, -0.25) is 0 Å². The van der Waals surface area contributed by atoms with E-state index in [-0.39, 0.29) is 6.61 Å². The first-order valence-corrected chi connectivity index (χ1v) is 11.9. The number of carbonyl (C=O) groups excluding carboxylic acids is 1. The van der Waals surface area contributed by atoms with E-state index in [4.69, 9.17) is 9.47 Å². The highest BCUT2D eigenvalue weighted by Crippen LogP contribution is 2.34. The molecule has 0 N–H and O–H groups in total. The van der Waals surface area contributed by atoms with Crippen LogP contribution in [0.25, 0.3) is 12.2 Å². The summed E-state index contributed by atoms with van der Waals surface area (Å²) in [7, 11) is 0. The largest absolute Gasteiger partial charge is 0.458 e. The minimum atomic E-state index is -0.405. The van der Waals surface area contributed by atoms with E-state index in [9.17, 15) is 4.79 Å². The van der Waals surface area contributed by atoms with Crippen molar-refractivity contribution in [2.24, 2.45) is 11.8 Å². The summed E-state index contributed by atoms with van der Waals surface area (Å²) in [5, 5.41) is 0. The van der Waals surface area contributed by atoms with Crippen LogP contribution in [0.5, 0.6) is 0 Å². The highest BCUT2D eigenvalue weighted by Gasteiger charge is 2.24. The Morgan fingerprint density at radius 1 is 0.938 bits per heavy atom. The van der Waals surface area contributed by atoms with Crippen molar-refractivity contribution in [3.05, 3.63) is 83.4 Å². The second kappa shape index (κ2) is 13.0. The molecule has 2 aromatic carbocycles. The number of hydrogen-bond donors (Lipinski definition) is 0.